The summed E-state index contributed by atoms with van der Waals surface area (Å²) in [5.74, 6) is 0.574. The Bertz CT molecular complexity index is 338. The van der Waals surface area contributed by atoms with Crippen molar-refractivity contribution in [3.8, 4) is 0 Å². The average molecular weight is 208 g/mol. The SMILES string of the molecule is CCNc1cc(C(=O)NN(C)C)ccn1. The number of hydrogen-bond donors (Lipinski definition) is 2. The van der Waals surface area contributed by atoms with Crippen molar-refractivity contribution in [2.45, 2.75) is 6.92 Å². The van der Waals surface area contributed by atoms with Crippen LogP contribution >= 0.6 is 0 Å². The lowest BCUT2D eigenvalue weighted by Gasteiger charge is -2.12. The van der Waals surface area contributed by atoms with Gasteiger partial charge in [-0.25, -0.2) is 9.99 Å². The Balaban J connectivity index is 2.76. The molecule has 1 aromatic rings. The lowest BCUT2D eigenvalue weighted by Crippen LogP contribution is -2.36. The Morgan fingerprint density at radius 3 is 2.87 bits per heavy atom. The fourth-order valence-corrected chi connectivity index (χ4v) is 1.12. The van der Waals surface area contributed by atoms with Gasteiger partial charge in [0.25, 0.3) is 5.91 Å². The fraction of sp³-hybridized carbons (Fsp3) is 0.400. The molecule has 82 valence electrons. The number of anilines is 1. The first-order valence-corrected chi connectivity index (χ1v) is 4.81. The molecule has 0 aliphatic carbocycles. The quantitative estimate of drug-likeness (QED) is 0.716. The van der Waals surface area contributed by atoms with Crippen LogP contribution in [-0.4, -0.2) is 36.5 Å². The maximum atomic E-state index is 11.6. The van der Waals surface area contributed by atoms with Crippen molar-refractivity contribution in [3.05, 3.63) is 23.9 Å². The van der Waals surface area contributed by atoms with Gasteiger partial charge in [0.2, 0.25) is 0 Å². The standard InChI is InChI=1S/C10H16N4O/c1-4-11-9-7-8(5-6-12-9)10(15)13-14(2)3/h5-7H,4H2,1-3H3,(H,11,12)(H,13,15). The van der Waals surface area contributed by atoms with Crippen molar-refractivity contribution in [2.24, 2.45) is 0 Å². The number of hydrogen-bond acceptors (Lipinski definition) is 4. The van der Waals surface area contributed by atoms with Crippen LogP contribution in [0.1, 0.15) is 17.3 Å². The fourth-order valence-electron chi connectivity index (χ4n) is 1.12. The molecule has 5 nitrogen and oxygen atoms in total. The Morgan fingerprint density at radius 2 is 2.27 bits per heavy atom. The number of aromatic nitrogens is 1. The number of carbonyl (C=O) groups excluding carboxylic acids is 1. The van der Waals surface area contributed by atoms with Crippen LogP contribution in [0.3, 0.4) is 0 Å². The molecule has 0 saturated carbocycles. The van der Waals surface area contributed by atoms with Gasteiger partial charge >= 0.3 is 0 Å². The predicted octanol–water partition coefficient (Wildman–Crippen LogP) is 0.720. The van der Waals surface area contributed by atoms with Gasteiger partial charge in [0, 0.05) is 32.4 Å². The average Bonchev–Trinajstić information content (AvgIpc) is 2.17. The third kappa shape index (κ3) is 3.55. The molecule has 0 atom stereocenters. The zero-order valence-electron chi connectivity index (χ0n) is 9.24. The molecule has 0 spiro atoms. The van der Waals surface area contributed by atoms with Crippen LogP contribution in [0.5, 0.6) is 0 Å². The molecule has 5 heteroatoms. The molecule has 0 saturated heterocycles. The van der Waals surface area contributed by atoms with E-state index in [4.69, 9.17) is 0 Å². The van der Waals surface area contributed by atoms with Gasteiger partial charge in [-0.3, -0.25) is 10.2 Å². The lowest BCUT2D eigenvalue weighted by atomic mass is 10.2. The Morgan fingerprint density at radius 1 is 1.53 bits per heavy atom. The molecular weight excluding hydrogens is 192 g/mol. The highest BCUT2D eigenvalue weighted by Crippen LogP contribution is 2.06. The van der Waals surface area contributed by atoms with Crippen LogP contribution in [-0.2, 0) is 0 Å². The maximum absolute atomic E-state index is 11.6. The molecule has 15 heavy (non-hydrogen) atoms. The lowest BCUT2D eigenvalue weighted by molar-refractivity contribution is 0.0857. The minimum absolute atomic E-state index is 0.137. The summed E-state index contributed by atoms with van der Waals surface area (Å²) in [6, 6.07) is 3.40. The van der Waals surface area contributed by atoms with Gasteiger partial charge in [-0.05, 0) is 19.1 Å². The Hall–Kier alpha value is -1.62. The summed E-state index contributed by atoms with van der Waals surface area (Å²) in [7, 11) is 3.54. The molecule has 0 fully saturated rings. The second-order valence-corrected chi connectivity index (χ2v) is 3.30. The second-order valence-electron chi connectivity index (χ2n) is 3.30. The van der Waals surface area contributed by atoms with Gasteiger partial charge in [-0.2, -0.15) is 0 Å². The molecule has 0 unspecified atom stereocenters. The molecule has 0 aliphatic heterocycles. The minimum Gasteiger partial charge on any atom is -0.370 e. The number of nitrogens with one attached hydrogen (secondary N) is 2. The van der Waals surface area contributed by atoms with E-state index in [0.717, 1.165) is 6.54 Å². The van der Waals surface area contributed by atoms with E-state index in [1.165, 1.54) is 0 Å². The number of amides is 1. The van der Waals surface area contributed by atoms with Crippen LogP contribution in [0.25, 0.3) is 0 Å². The Labute approximate surface area is 89.5 Å². The first-order chi connectivity index (χ1) is 7.13. The molecular formula is C10H16N4O. The summed E-state index contributed by atoms with van der Waals surface area (Å²) in [6.45, 7) is 2.76. The van der Waals surface area contributed by atoms with E-state index >= 15 is 0 Å². The smallest absolute Gasteiger partial charge is 0.265 e. The van der Waals surface area contributed by atoms with Crippen molar-refractivity contribution >= 4 is 11.7 Å². The largest absolute Gasteiger partial charge is 0.370 e. The van der Waals surface area contributed by atoms with E-state index in [1.54, 1.807) is 37.4 Å². The summed E-state index contributed by atoms with van der Waals surface area (Å²) in [5.41, 5.74) is 3.26. The third-order valence-corrected chi connectivity index (χ3v) is 1.71. The maximum Gasteiger partial charge on any atom is 0.265 e. The van der Waals surface area contributed by atoms with Crippen molar-refractivity contribution < 1.29 is 4.79 Å². The van der Waals surface area contributed by atoms with E-state index in [2.05, 4.69) is 15.7 Å². The van der Waals surface area contributed by atoms with Crippen molar-refractivity contribution in [1.82, 2.24) is 15.4 Å². The molecule has 1 aromatic heterocycles. The van der Waals surface area contributed by atoms with Crippen LogP contribution in [0.2, 0.25) is 0 Å². The van der Waals surface area contributed by atoms with Crippen LogP contribution < -0.4 is 10.7 Å². The van der Waals surface area contributed by atoms with Crippen molar-refractivity contribution in [2.75, 3.05) is 26.0 Å². The number of pyridine rings is 1. The first kappa shape index (κ1) is 11.5. The topological polar surface area (TPSA) is 57.3 Å². The Kier molecular flexibility index (Phi) is 4.05. The molecule has 1 rings (SSSR count). The van der Waals surface area contributed by atoms with Crippen LogP contribution in [0.4, 0.5) is 5.82 Å². The zero-order chi connectivity index (χ0) is 11.3. The van der Waals surface area contributed by atoms with Gasteiger partial charge in [0.05, 0.1) is 0 Å². The monoisotopic (exact) mass is 208 g/mol. The molecule has 2 N–H and O–H groups in total. The van der Waals surface area contributed by atoms with E-state index in [0.29, 0.717) is 11.4 Å². The summed E-state index contributed by atoms with van der Waals surface area (Å²) in [6.07, 6.45) is 1.61. The van der Waals surface area contributed by atoms with Gasteiger partial charge in [-0.15, -0.1) is 0 Å². The summed E-state index contributed by atoms with van der Waals surface area (Å²) in [5, 5.41) is 4.66. The zero-order valence-corrected chi connectivity index (χ0v) is 9.24. The van der Waals surface area contributed by atoms with Gasteiger partial charge in [-0.1, -0.05) is 0 Å². The number of hydrazine groups is 1. The normalized spacial score (nSPS) is 10.1. The highest BCUT2D eigenvalue weighted by molar-refractivity contribution is 5.94. The number of carbonyl (C=O) groups is 1. The molecule has 0 radical (unpaired) electrons. The van der Waals surface area contributed by atoms with Crippen LogP contribution in [0, 0.1) is 0 Å². The highest BCUT2D eigenvalue weighted by atomic mass is 16.2. The van der Waals surface area contributed by atoms with Gasteiger partial charge < -0.3 is 5.32 Å². The van der Waals surface area contributed by atoms with Crippen LogP contribution in [0.15, 0.2) is 18.3 Å². The molecule has 1 amide bonds. The van der Waals surface area contributed by atoms with Gasteiger partial charge in [0.15, 0.2) is 0 Å². The van der Waals surface area contributed by atoms with Crippen molar-refractivity contribution in [1.29, 1.82) is 0 Å². The molecule has 1 heterocycles. The first-order valence-electron chi connectivity index (χ1n) is 4.81. The summed E-state index contributed by atoms with van der Waals surface area (Å²) < 4.78 is 0. The predicted molar refractivity (Wildman–Crippen MR) is 59.6 cm³/mol. The molecule has 0 bridgehead atoms. The third-order valence-electron chi connectivity index (χ3n) is 1.71. The van der Waals surface area contributed by atoms with E-state index in [-0.39, 0.29) is 5.91 Å². The minimum atomic E-state index is -0.137. The summed E-state index contributed by atoms with van der Waals surface area (Å²) >= 11 is 0. The molecule has 0 aromatic carbocycles. The second kappa shape index (κ2) is 5.31. The highest BCUT2D eigenvalue weighted by Gasteiger charge is 2.06. The molecule has 0 aliphatic rings. The van der Waals surface area contributed by atoms with Gasteiger partial charge in [0.1, 0.15) is 5.82 Å². The van der Waals surface area contributed by atoms with Crippen molar-refractivity contribution in [3.63, 3.8) is 0 Å². The number of rotatable bonds is 4. The van der Waals surface area contributed by atoms with E-state index in [9.17, 15) is 4.79 Å². The van der Waals surface area contributed by atoms with E-state index in [1.807, 2.05) is 6.92 Å². The number of nitrogens with zero attached hydrogens (tertiary/aromatic N) is 2. The van der Waals surface area contributed by atoms with E-state index < -0.39 is 0 Å². The summed E-state index contributed by atoms with van der Waals surface area (Å²) in [4.78, 5) is 15.7.